The minimum atomic E-state index is -0.935. The summed E-state index contributed by atoms with van der Waals surface area (Å²) in [6.07, 6.45) is 4.54. The zero-order valence-electron chi connectivity index (χ0n) is 11.7. The fourth-order valence-corrected chi connectivity index (χ4v) is 2.82. The number of carbonyl (C=O) groups excluding carboxylic acids is 2. The van der Waals surface area contributed by atoms with Gasteiger partial charge in [-0.15, -0.1) is 0 Å². The van der Waals surface area contributed by atoms with Crippen LogP contribution in [0.3, 0.4) is 0 Å². The molecule has 0 bridgehead atoms. The Hall–Kier alpha value is -1.84. The molecule has 1 saturated carbocycles. The van der Waals surface area contributed by atoms with Gasteiger partial charge in [0, 0.05) is 5.69 Å². The standard InChI is InChI=1S/C16H19NO3/c1-2-20-15(19)16(8-9-16)14(18)17-13-7-6-11-4-3-5-12(11)10-13/h6-7,10H,2-5,8-9H2,1H3,(H,17,18). The molecule has 1 aromatic carbocycles. The van der Waals surface area contributed by atoms with Gasteiger partial charge in [-0.1, -0.05) is 6.07 Å². The van der Waals surface area contributed by atoms with Crippen LogP contribution in [0.15, 0.2) is 18.2 Å². The summed E-state index contributed by atoms with van der Waals surface area (Å²) < 4.78 is 5.00. The largest absolute Gasteiger partial charge is 0.465 e. The first-order valence-electron chi connectivity index (χ1n) is 7.26. The SMILES string of the molecule is CCOC(=O)C1(C(=O)Nc2ccc3c(c2)CCC3)CC1. The highest BCUT2D eigenvalue weighted by molar-refractivity contribution is 6.11. The van der Waals surface area contributed by atoms with Crippen molar-refractivity contribution in [3.8, 4) is 0 Å². The number of amides is 1. The first-order valence-corrected chi connectivity index (χ1v) is 7.26. The molecule has 2 aliphatic rings. The van der Waals surface area contributed by atoms with Gasteiger partial charge < -0.3 is 10.1 Å². The summed E-state index contributed by atoms with van der Waals surface area (Å²) in [4.78, 5) is 24.2. The fraction of sp³-hybridized carbons (Fsp3) is 0.500. The summed E-state index contributed by atoms with van der Waals surface area (Å²) in [5.74, 6) is -0.618. The molecule has 1 N–H and O–H groups in total. The lowest BCUT2D eigenvalue weighted by Gasteiger charge is -2.14. The Bertz CT molecular complexity index is 561. The first kappa shape index (κ1) is 13.2. The lowest BCUT2D eigenvalue weighted by molar-refractivity contribution is -0.152. The molecule has 0 aromatic heterocycles. The number of hydrogen-bond acceptors (Lipinski definition) is 3. The molecule has 0 heterocycles. The van der Waals surface area contributed by atoms with E-state index in [9.17, 15) is 9.59 Å². The first-order chi connectivity index (χ1) is 9.65. The Balaban J connectivity index is 1.72. The van der Waals surface area contributed by atoms with E-state index in [1.54, 1.807) is 6.92 Å². The molecule has 1 aromatic rings. The van der Waals surface area contributed by atoms with Gasteiger partial charge in [-0.25, -0.2) is 0 Å². The van der Waals surface area contributed by atoms with Crippen molar-refractivity contribution in [2.24, 2.45) is 5.41 Å². The Labute approximate surface area is 118 Å². The maximum absolute atomic E-state index is 12.3. The molecule has 0 spiro atoms. The van der Waals surface area contributed by atoms with Crippen molar-refractivity contribution in [1.29, 1.82) is 0 Å². The molecule has 20 heavy (non-hydrogen) atoms. The topological polar surface area (TPSA) is 55.4 Å². The van der Waals surface area contributed by atoms with Crippen LogP contribution in [-0.2, 0) is 27.2 Å². The van der Waals surface area contributed by atoms with Crippen molar-refractivity contribution in [2.75, 3.05) is 11.9 Å². The third kappa shape index (κ3) is 2.19. The number of rotatable bonds is 4. The zero-order valence-corrected chi connectivity index (χ0v) is 11.7. The van der Waals surface area contributed by atoms with Gasteiger partial charge in [-0.3, -0.25) is 9.59 Å². The maximum atomic E-state index is 12.3. The van der Waals surface area contributed by atoms with Gasteiger partial charge >= 0.3 is 5.97 Å². The van der Waals surface area contributed by atoms with Crippen LogP contribution in [0.1, 0.15) is 37.3 Å². The maximum Gasteiger partial charge on any atom is 0.321 e. The van der Waals surface area contributed by atoms with E-state index in [0.717, 1.165) is 18.5 Å². The second-order valence-corrected chi connectivity index (χ2v) is 5.59. The average Bonchev–Trinajstić information content (AvgIpc) is 3.12. The molecule has 1 amide bonds. The number of aryl methyl sites for hydroxylation is 2. The third-order valence-corrected chi connectivity index (χ3v) is 4.21. The molecule has 1 fully saturated rings. The minimum Gasteiger partial charge on any atom is -0.465 e. The molecule has 0 atom stereocenters. The summed E-state index contributed by atoms with van der Waals surface area (Å²) >= 11 is 0. The highest BCUT2D eigenvalue weighted by Gasteiger charge is 2.58. The molecule has 0 saturated heterocycles. The molecular weight excluding hydrogens is 254 g/mol. The normalized spacial score (nSPS) is 18.2. The molecule has 0 unspecified atom stereocenters. The van der Waals surface area contributed by atoms with Crippen LogP contribution in [0.2, 0.25) is 0 Å². The quantitative estimate of drug-likeness (QED) is 0.677. The number of fused-ring (bicyclic) bond motifs is 1. The molecule has 4 nitrogen and oxygen atoms in total. The molecule has 2 aliphatic carbocycles. The Morgan fingerprint density at radius 2 is 2.00 bits per heavy atom. The summed E-state index contributed by atoms with van der Waals surface area (Å²) in [6.45, 7) is 2.07. The molecule has 0 aliphatic heterocycles. The smallest absolute Gasteiger partial charge is 0.321 e. The lowest BCUT2D eigenvalue weighted by atomic mass is 10.1. The number of ether oxygens (including phenoxy) is 1. The van der Waals surface area contributed by atoms with Gasteiger partial charge in [-0.05, 0) is 62.3 Å². The zero-order chi connectivity index (χ0) is 14.2. The van der Waals surface area contributed by atoms with E-state index in [0.29, 0.717) is 19.4 Å². The van der Waals surface area contributed by atoms with Gasteiger partial charge in [0.1, 0.15) is 5.41 Å². The second kappa shape index (κ2) is 4.93. The Morgan fingerprint density at radius 1 is 1.25 bits per heavy atom. The number of carbonyl (C=O) groups is 2. The van der Waals surface area contributed by atoms with Crippen molar-refractivity contribution >= 4 is 17.6 Å². The van der Waals surface area contributed by atoms with Crippen molar-refractivity contribution in [3.05, 3.63) is 29.3 Å². The van der Waals surface area contributed by atoms with Gasteiger partial charge in [0.25, 0.3) is 0 Å². The van der Waals surface area contributed by atoms with E-state index < -0.39 is 11.4 Å². The summed E-state index contributed by atoms with van der Waals surface area (Å²) in [5.41, 5.74) is 2.53. The van der Waals surface area contributed by atoms with E-state index in [4.69, 9.17) is 4.74 Å². The lowest BCUT2D eigenvalue weighted by Crippen LogP contribution is -2.33. The summed E-state index contributed by atoms with van der Waals surface area (Å²) in [6, 6.07) is 6.02. The number of hydrogen-bond donors (Lipinski definition) is 1. The monoisotopic (exact) mass is 273 g/mol. The Kier molecular flexibility index (Phi) is 3.24. The van der Waals surface area contributed by atoms with Crippen molar-refractivity contribution < 1.29 is 14.3 Å². The van der Waals surface area contributed by atoms with Gasteiger partial charge in [-0.2, -0.15) is 0 Å². The predicted octanol–water partition coefficient (Wildman–Crippen LogP) is 2.46. The van der Waals surface area contributed by atoms with Crippen LogP contribution in [0.4, 0.5) is 5.69 Å². The van der Waals surface area contributed by atoms with E-state index in [1.807, 2.05) is 12.1 Å². The summed E-state index contributed by atoms with van der Waals surface area (Å²) in [7, 11) is 0. The number of anilines is 1. The third-order valence-electron chi connectivity index (χ3n) is 4.21. The fourth-order valence-electron chi connectivity index (χ4n) is 2.82. The van der Waals surface area contributed by atoms with Crippen LogP contribution in [0.5, 0.6) is 0 Å². The molecule has 0 radical (unpaired) electrons. The van der Waals surface area contributed by atoms with Crippen molar-refractivity contribution in [2.45, 2.75) is 39.0 Å². The van der Waals surface area contributed by atoms with Crippen LogP contribution in [0.25, 0.3) is 0 Å². The van der Waals surface area contributed by atoms with Crippen LogP contribution < -0.4 is 5.32 Å². The Morgan fingerprint density at radius 3 is 2.70 bits per heavy atom. The number of esters is 1. The van der Waals surface area contributed by atoms with Gasteiger partial charge in [0.05, 0.1) is 6.61 Å². The van der Waals surface area contributed by atoms with E-state index in [-0.39, 0.29) is 5.91 Å². The molecule has 4 heteroatoms. The predicted molar refractivity (Wildman–Crippen MR) is 75.4 cm³/mol. The van der Waals surface area contributed by atoms with Crippen molar-refractivity contribution in [3.63, 3.8) is 0 Å². The average molecular weight is 273 g/mol. The number of benzene rings is 1. The second-order valence-electron chi connectivity index (χ2n) is 5.59. The molecule has 3 rings (SSSR count). The van der Waals surface area contributed by atoms with Crippen LogP contribution >= 0.6 is 0 Å². The van der Waals surface area contributed by atoms with E-state index in [1.165, 1.54) is 17.5 Å². The van der Waals surface area contributed by atoms with Crippen LogP contribution in [0, 0.1) is 5.41 Å². The highest BCUT2D eigenvalue weighted by Crippen LogP contribution is 2.47. The van der Waals surface area contributed by atoms with Gasteiger partial charge in [0.2, 0.25) is 5.91 Å². The minimum absolute atomic E-state index is 0.228. The van der Waals surface area contributed by atoms with E-state index >= 15 is 0 Å². The number of nitrogens with one attached hydrogen (secondary N) is 1. The van der Waals surface area contributed by atoms with Gasteiger partial charge in [0.15, 0.2) is 0 Å². The molecular formula is C16H19NO3. The molecule has 106 valence electrons. The highest BCUT2D eigenvalue weighted by atomic mass is 16.5. The van der Waals surface area contributed by atoms with Crippen LogP contribution in [-0.4, -0.2) is 18.5 Å². The van der Waals surface area contributed by atoms with E-state index in [2.05, 4.69) is 11.4 Å². The van der Waals surface area contributed by atoms with Crippen molar-refractivity contribution in [1.82, 2.24) is 0 Å². The summed E-state index contributed by atoms with van der Waals surface area (Å²) in [5, 5.41) is 2.87.